The summed E-state index contributed by atoms with van der Waals surface area (Å²) in [6.45, 7) is 9.05. The van der Waals surface area contributed by atoms with Gasteiger partial charge in [-0.25, -0.2) is 4.98 Å². The number of ether oxygens (including phenoxy) is 2. The molecule has 0 radical (unpaired) electrons. The predicted molar refractivity (Wildman–Crippen MR) is 90.8 cm³/mol. The van der Waals surface area contributed by atoms with Crippen molar-refractivity contribution in [2.45, 2.75) is 13.5 Å². The molecule has 7 nitrogen and oxygen atoms in total. The smallest absolute Gasteiger partial charge is 0.319 e. The largest absolute Gasteiger partial charge is 0.468 e. The van der Waals surface area contributed by atoms with E-state index in [1.165, 1.54) is 7.11 Å². The Morgan fingerprint density at radius 2 is 2.30 bits per heavy atom. The average molecular weight is 342 g/mol. The van der Waals surface area contributed by atoms with Gasteiger partial charge in [-0.05, 0) is 6.92 Å². The molecule has 0 aliphatic carbocycles. The maximum absolute atomic E-state index is 11.6. The fourth-order valence-electron chi connectivity index (χ4n) is 2.41. The van der Waals surface area contributed by atoms with Gasteiger partial charge in [-0.3, -0.25) is 14.6 Å². The van der Waals surface area contributed by atoms with E-state index < -0.39 is 0 Å². The zero-order valence-corrected chi connectivity index (χ0v) is 14.7. The number of nitrogens with one attached hydrogen (secondary N) is 1. The lowest BCUT2D eigenvalue weighted by Gasteiger charge is -2.29. The first-order chi connectivity index (χ1) is 11.2. The van der Waals surface area contributed by atoms with Crippen LogP contribution in [0.15, 0.2) is 5.38 Å². The molecular weight excluding hydrogens is 316 g/mol. The summed E-state index contributed by atoms with van der Waals surface area (Å²) in [5.74, 6) is -0.214. The molecule has 0 saturated carbocycles. The molecule has 0 unspecified atom stereocenters. The number of methoxy groups -OCH3 is 1. The molecule has 0 atom stereocenters. The van der Waals surface area contributed by atoms with Crippen molar-refractivity contribution < 1.29 is 14.3 Å². The van der Waals surface area contributed by atoms with Crippen molar-refractivity contribution >= 4 is 22.4 Å². The van der Waals surface area contributed by atoms with Gasteiger partial charge in [-0.1, -0.05) is 0 Å². The van der Waals surface area contributed by atoms with Gasteiger partial charge in [0.05, 0.1) is 32.6 Å². The molecule has 0 spiro atoms. The van der Waals surface area contributed by atoms with E-state index in [9.17, 15) is 4.79 Å². The van der Waals surface area contributed by atoms with E-state index in [-0.39, 0.29) is 12.5 Å². The maximum atomic E-state index is 11.6. The summed E-state index contributed by atoms with van der Waals surface area (Å²) >= 11 is 1.59. The highest BCUT2D eigenvalue weighted by molar-refractivity contribution is 7.13. The molecule has 2 rings (SSSR count). The first-order valence-corrected chi connectivity index (χ1v) is 8.86. The van der Waals surface area contributed by atoms with Crippen LogP contribution in [0.3, 0.4) is 0 Å². The molecule has 23 heavy (non-hydrogen) atoms. The summed E-state index contributed by atoms with van der Waals surface area (Å²) in [7, 11) is 1.43. The minimum atomic E-state index is -0.214. The van der Waals surface area contributed by atoms with E-state index in [1.807, 2.05) is 12.3 Å². The average Bonchev–Trinajstić information content (AvgIpc) is 3.01. The number of esters is 1. The summed E-state index contributed by atoms with van der Waals surface area (Å²) in [4.78, 5) is 20.6. The Kier molecular flexibility index (Phi) is 7.73. The lowest BCUT2D eigenvalue weighted by molar-refractivity contribution is -0.142. The number of hydrogen-bond donors (Lipinski definition) is 1. The van der Waals surface area contributed by atoms with Crippen molar-refractivity contribution in [3.63, 3.8) is 0 Å². The molecular formula is C15H26N4O3S. The quantitative estimate of drug-likeness (QED) is 0.668. The third kappa shape index (κ3) is 6.42. The summed E-state index contributed by atoms with van der Waals surface area (Å²) in [6, 6.07) is 0. The molecule has 2 heterocycles. The monoisotopic (exact) mass is 342 g/mol. The van der Waals surface area contributed by atoms with Crippen molar-refractivity contribution in [2.75, 3.05) is 64.9 Å². The van der Waals surface area contributed by atoms with E-state index in [4.69, 9.17) is 9.47 Å². The Hall–Kier alpha value is -1.22. The number of morpholine rings is 1. The normalized spacial score (nSPS) is 15.8. The van der Waals surface area contributed by atoms with E-state index in [0.717, 1.165) is 56.8 Å². The summed E-state index contributed by atoms with van der Waals surface area (Å²) < 4.78 is 10.2. The first-order valence-electron chi connectivity index (χ1n) is 7.98. The molecule has 0 amide bonds. The standard InChI is InChI=1S/C15H26N4O3S/c1-3-16-15-17-13(12-23-15)10-19(11-14(20)21-2)5-4-18-6-8-22-9-7-18/h12H,3-11H2,1-2H3,(H,16,17). The number of aromatic nitrogens is 1. The number of carbonyl (C=O) groups excluding carboxylic acids is 1. The van der Waals surface area contributed by atoms with Gasteiger partial charge >= 0.3 is 5.97 Å². The Bertz CT molecular complexity index is 477. The molecule has 0 aromatic carbocycles. The molecule has 1 fully saturated rings. The van der Waals surface area contributed by atoms with Crippen LogP contribution >= 0.6 is 11.3 Å². The summed E-state index contributed by atoms with van der Waals surface area (Å²) in [6.07, 6.45) is 0. The molecule has 1 saturated heterocycles. The zero-order valence-electron chi connectivity index (χ0n) is 13.9. The number of carbonyl (C=O) groups is 1. The fraction of sp³-hybridized carbons (Fsp3) is 0.733. The highest BCUT2D eigenvalue weighted by Crippen LogP contribution is 2.16. The van der Waals surface area contributed by atoms with Crippen molar-refractivity contribution in [1.82, 2.24) is 14.8 Å². The second kappa shape index (κ2) is 9.82. The number of thiazole rings is 1. The van der Waals surface area contributed by atoms with Crippen LogP contribution in [0.1, 0.15) is 12.6 Å². The Labute approximate surface area is 141 Å². The lowest BCUT2D eigenvalue weighted by atomic mass is 10.3. The second-order valence-corrected chi connectivity index (χ2v) is 6.27. The fourth-order valence-corrected chi connectivity index (χ4v) is 3.18. The van der Waals surface area contributed by atoms with Gasteiger partial charge in [0, 0.05) is 44.6 Å². The summed E-state index contributed by atoms with van der Waals surface area (Å²) in [5, 5.41) is 6.18. The second-order valence-electron chi connectivity index (χ2n) is 5.42. The van der Waals surface area contributed by atoms with Gasteiger partial charge in [-0.15, -0.1) is 11.3 Å². The predicted octanol–water partition coefficient (Wildman–Crippen LogP) is 0.882. The minimum Gasteiger partial charge on any atom is -0.468 e. The lowest BCUT2D eigenvalue weighted by Crippen LogP contribution is -2.42. The summed E-state index contributed by atoms with van der Waals surface area (Å²) in [5.41, 5.74) is 0.983. The molecule has 8 heteroatoms. The third-order valence-electron chi connectivity index (χ3n) is 3.68. The van der Waals surface area contributed by atoms with Crippen LogP contribution in [0.25, 0.3) is 0 Å². The van der Waals surface area contributed by atoms with E-state index >= 15 is 0 Å². The van der Waals surface area contributed by atoms with Crippen LogP contribution in [0.4, 0.5) is 5.13 Å². The highest BCUT2D eigenvalue weighted by atomic mass is 32.1. The number of hydrogen-bond acceptors (Lipinski definition) is 8. The Balaban J connectivity index is 1.87. The van der Waals surface area contributed by atoms with E-state index in [1.54, 1.807) is 11.3 Å². The Morgan fingerprint density at radius 1 is 1.52 bits per heavy atom. The van der Waals surface area contributed by atoms with Gasteiger partial charge < -0.3 is 14.8 Å². The molecule has 1 aromatic heterocycles. The van der Waals surface area contributed by atoms with Gasteiger partial charge in [-0.2, -0.15) is 0 Å². The molecule has 0 bridgehead atoms. The van der Waals surface area contributed by atoms with E-state index in [0.29, 0.717) is 6.54 Å². The number of anilines is 1. The SMILES string of the molecule is CCNc1nc(CN(CCN2CCOCC2)CC(=O)OC)cs1. The van der Waals surface area contributed by atoms with Gasteiger partial charge in [0.2, 0.25) is 0 Å². The third-order valence-corrected chi connectivity index (χ3v) is 4.53. The van der Waals surface area contributed by atoms with Crippen LogP contribution in [-0.2, 0) is 20.8 Å². The number of rotatable bonds is 9. The van der Waals surface area contributed by atoms with Crippen molar-refractivity contribution in [2.24, 2.45) is 0 Å². The van der Waals surface area contributed by atoms with Crippen LogP contribution in [0.5, 0.6) is 0 Å². The van der Waals surface area contributed by atoms with Crippen molar-refractivity contribution in [1.29, 1.82) is 0 Å². The maximum Gasteiger partial charge on any atom is 0.319 e. The first kappa shape index (κ1) is 18.1. The topological polar surface area (TPSA) is 66.9 Å². The number of nitrogens with zero attached hydrogens (tertiary/aromatic N) is 3. The minimum absolute atomic E-state index is 0.214. The van der Waals surface area contributed by atoms with Gasteiger partial charge in [0.25, 0.3) is 0 Å². The molecule has 1 aliphatic rings. The molecule has 1 aliphatic heterocycles. The van der Waals surface area contributed by atoms with Crippen LogP contribution in [0, 0.1) is 0 Å². The van der Waals surface area contributed by atoms with Gasteiger partial charge in [0.15, 0.2) is 5.13 Å². The molecule has 1 N–H and O–H groups in total. The van der Waals surface area contributed by atoms with Crippen LogP contribution in [0.2, 0.25) is 0 Å². The zero-order chi connectivity index (χ0) is 16.5. The van der Waals surface area contributed by atoms with Crippen LogP contribution < -0.4 is 5.32 Å². The molecule has 130 valence electrons. The van der Waals surface area contributed by atoms with Gasteiger partial charge in [0.1, 0.15) is 0 Å². The molecule has 1 aromatic rings. The van der Waals surface area contributed by atoms with Crippen molar-refractivity contribution in [3.05, 3.63) is 11.1 Å². The van der Waals surface area contributed by atoms with Crippen LogP contribution in [-0.4, -0.2) is 80.3 Å². The van der Waals surface area contributed by atoms with E-state index in [2.05, 4.69) is 20.1 Å². The highest BCUT2D eigenvalue weighted by Gasteiger charge is 2.16. The Morgan fingerprint density at radius 3 is 3.00 bits per heavy atom. The van der Waals surface area contributed by atoms with Crippen molar-refractivity contribution in [3.8, 4) is 0 Å².